The molecule has 3 unspecified atom stereocenters. The molecule has 7 aromatic rings. The summed E-state index contributed by atoms with van der Waals surface area (Å²) in [5, 5.41) is 12.9. The average molecular weight is 1150 g/mol. The predicted octanol–water partition coefficient (Wildman–Crippen LogP) is 12.5. The van der Waals surface area contributed by atoms with Crippen molar-refractivity contribution in [1.29, 1.82) is 0 Å². The Balaban J connectivity index is 0.000000259. The number of nitrogens with zero attached hydrogens (tertiary/aromatic N) is 6. The third-order valence-corrected chi connectivity index (χ3v) is 13.3. The number of aromatic nitrogens is 6. The number of carbonyl (C=O) groups is 2. The Labute approximate surface area is 457 Å². The van der Waals surface area contributed by atoms with Crippen LogP contribution >= 0.6 is 44.3 Å². The van der Waals surface area contributed by atoms with Gasteiger partial charge in [0.1, 0.15) is 23.0 Å². The van der Waals surface area contributed by atoms with Crippen LogP contribution in [0.4, 0.5) is 5.69 Å². The molecule has 3 aliphatic heterocycles. The van der Waals surface area contributed by atoms with Crippen molar-refractivity contribution >= 4 is 83.6 Å². The fourth-order valence-electron chi connectivity index (χ4n) is 8.61. The number of carbonyl (C=O) groups excluding carboxylic acids is 1. The number of hydrogen-bond donors (Lipinski definition) is 3. The molecular formula is C58H67Br2ClN8O5. The molecule has 0 spiro atoms. The van der Waals surface area contributed by atoms with E-state index >= 15 is 0 Å². The maximum atomic E-state index is 12.9. The van der Waals surface area contributed by atoms with Crippen LogP contribution in [0.15, 0.2) is 122 Å². The van der Waals surface area contributed by atoms with E-state index in [9.17, 15) is 19.2 Å². The van der Waals surface area contributed by atoms with Crippen molar-refractivity contribution in [2.45, 2.75) is 131 Å². The Morgan fingerprint density at radius 1 is 0.703 bits per heavy atom. The van der Waals surface area contributed by atoms with Gasteiger partial charge in [0.2, 0.25) is 5.91 Å². The molecule has 3 atom stereocenters. The van der Waals surface area contributed by atoms with Crippen LogP contribution in [0.1, 0.15) is 151 Å². The lowest BCUT2D eigenvalue weighted by atomic mass is 10.0. The van der Waals surface area contributed by atoms with Crippen LogP contribution in [-0.4, -0.2) is 52.1 Å². The number of nitrogen functional groups attached to an aromatic ring is 1. The fourth-order valence-corrected chi connectivity index (χ4v) is 9.33. The molecule has 0 aliphatic carbocycles. The number of terminal acetylenes is 1. The molecule has 7 heterocycles. The number of aryl methyl sites for hydroxylation is 2. The zero-order chi connectivity index (χ0) is 50.9. The number of carboxylic acids is 1. The number of fused-ring (bicyclic) bond motifs is 4. The van der Waals surface area contributed by atoms with Crippen LogP contribution in [0.3, 0.4) is 0 Å². The molecule has 3 aromatic carbocycles. The number of rotatable bonds is 4. The minimum atomic E-state index is -1.00. The Bertz CT molecular complexity index is 3210. The van der Waals surface area contributed by atoms with Crippen LogP contribution in [0.5, 0.6) is 0 Å². The maximum absolute atomic E-state index is 12.9. The van der Waals surface area contributed by atoms with Crippen molar-refractivity contribution in [2.75, 3.05) is 5.73 Å². The van der Waals surface area contributed by atoms with E-state index in [2.05, 4.69) is 90.7 Å². The van der Waals surface area contributed by atoms with Gasteiger partial charge in [-0.3, -0.25) is 23.5 Å². The number of aromatic carboxylic acids is 1. The van der Waals surface area contributed by atoms with E-state index in [1.807, 2.05) is 75.9 Å². The van der Waals surface area contributed by atoms with Gasteiger partial charge in [-0.2, -0.15) is 0 Å². The van der Waals surface area contributed by atoms with Gasteiger partial charge < -0.3 is 16.2 Å². The number of benzene rings is 3. The number of carboxylic acid groups (broad SMARTS) is 1. The number of amides is 1. The normalized spacial score (nSPS) is 15.7. The summed E-state index contributed by atoms with van der Waals surface area (Å²) >= 11 is 6.60. The first kappa shape index (κ1) is 61.6. The summed E-state index contributed by atoms with van der Waals surface area (Å²) in [6.45, 7) is 6.38. The molecule has 0 bridgehead atoms. The monoisotopic (exact) mass is 1150 g/mol. The lowest BCUT2D eigenvalue weighted by Crippen LogP contribution is -2.37. The Morgan fingerprint density at radius 3 is 1.70 bits per heavy atom. The number of nitrogens with two attached hydrogens (primary N) is 1. The SMILES string of the molecule is C.C.C#Cc1ccccn1.CCC1CCCC(=O)N1.CCC1CCCc2nc3cc(Br)ccc3c(=O)n21.CCC1CCCc2nc3cc(C#Cc4ccccn4)ccc3c(=O)n21.Cl.Nc1cc(Br)ccc1C(=O)O. The van der Waals surface area contributed by atoms with Crippen molar-refractivity contribution in [3.8, 4) is 24.2 Å². The topological polar surface area (TPSA) is 188 Å². The molecule has 1 fully saturated rings. The number of hydrogen-bond acceptors (Lipinski definition) is 9. The lowest BCUT2D eigenvalue weighted by molar-refractivity contribution is -0.123. The quantitative estimate of drug-likeness (QED) is 0.113. The summed E-state index contributed by atoms with van der Waals surface area (Å²) < 4.78 is 5.57. The summed E-state index contributed by atoms with van der Waals surface area (Å²) in [5.74, 6) is 9.65. The number of piperidine rings is 1. The number of pyridine rings is 2. The van der Waals surface area contributed by atoms with E-state index in [1.165, 1.54) is 12.5 Å². The molecule has 74 heavy (non-hydrogen) atoms. The van der Waals surface area contributed by atoms with Gasteiger partial charge in [0.25, 0.3) is 11.1 Å². The first-order valence-electron chi connectivity index (χ1n) is 24.0. The Morgan fingerprint density at radius 2 is 1.23 bits per heavy atom. The third-order valence-electron chi connectivity index (χ3n) is 12.3. The van der Waals surface area contributed by atoms with Crippen molar-refractivity contribution in [3.63, 3.8) is 0 Å². The summed E-state index contributed by atoms with van der Waals surface area (Å²) in [7, 11) is 0. The van der Waals surface area contributed by atoms with E-state index in [4.69, 9.17) is 22.2 Å². The highest BCUT2D eigenvalue weighted by Gasteiger charge is 2.23. The van der Waals surface area contributed by atoms with Gasteiger partial charge in [-0.05, 0) is 143 Å². The standard InChI is InChI=1S/C21H19N3O.C14H15BrN2O.C7H6BrNO2.C7H13NO.C7H5N.2CH4.ClH/c1-2-17-7-5-8-20-23-19-14-15(9-11-16-6-3-4-13-22-16)10-12-18(19)21(25)24(17)20;1-2-10-4-3-5-13-16-12-8-9(15)6-7-11(12)14(18)17(10)13;8-4-1-2-5(7(10)11)6(9)3-4;1-2-6-4-3-5-7(9)8-6;1-2-7-5-3-4-6-8-7;;;/h3-4,6,10,12-14,17H,2,5,7-8H2,1H3;6-8,10H,2-5H2,1H3;1-3H,9H2,(H,10,11);6H,2-5H2,1H3,(H,8,9);1,3-6H;2*1H4;1H. The van der Waals surface area contributed by atoms with Gasteiger partial charge in [-0.15, -0.1) is 18.8 Å². The van der Waals surface area contributed by atoms with Gasteiger partial charge in [0, 0.05) is 70.0 Å². The predicted molar refractivity (Wildman–Crippen MR) is 309 cm³/mol. The first-order chi connectivity index (χ1) is 34.3. The van der Waals surface area contributed by atoms with Crippen LogP contribution < -0.4 is 22.2 Å². The third kappa shape index (κ3) is 16.7. The smallest absolute Gasteiger partial charge is 0.337 e. The molecule has 0 saturated carbocycles. The molecule has 4 N–H and O–H groups in total. The Hall–Kier alpha value is -6.65. The summed E-state index contributed by atoms with van der Waals surface area (Å²) in [6, 6.07) is 28.2. The molecule has 390 valence electrons. The zero-order valence-corrected chi connectivity index (χ0v) is 44.6. The molecule has 4 aromatic heterocycles. The summed E-state index contributed by atoms with van der Waals surface area (Å²) in [4.78, 5) is 64.1. The van der Waals surface area contributed by atoms with E-state index in [0.717, 1.165) is 119 Å². The van der Waals surface area contributed by atoms with E-state index in [0.29, 0.717) is 23.2 Å². The molecule has 13 nitrogen and oxygen atoms in total. The van der Waals surface area contributed by atoms with Crippen molar-refractivity contribution in [2.24, 2.45) is 0 Å². The average Bonchev–Trinajstić information content (AvgIpc) is 3.38. The highest BCUT2D eigenvalue weighted by molar-refractivity contribution is 9.10. The highest BCUT2D eigenvalue weighted by atomic mass is 79.9. The van der Waals surface area contributed by atoms with Gasteiger partial charge in [-0.25, -0.2) is 24.7 Å². The number of anilines is 1. The molecule has 0 radical (unpaired) electrons. The van der Waals surface area contributed by atoms with E-state index in [-0.39, 0.29) is 61.6 Å². The second-order valence-corrected chi connectivity index (χ2v) is 19.0. The first-order valence-corrected chi connectivity index (χ1v) is 25.6. The maximum Gasteiger partial charge on any atom is 0.337 e. The summed E-state index contributed by atoms with van der Waals surface area (Å²) in [5.41, 5.74) is 9.81. The molecule has 10 rings (SSSR count). The van der Waals surface area contributed by atoms with E-state index in [1.54, 1.807) is 30.6 Å². The van der Waals surface area contributed by atoms with Crippen LogP contribution in [0, 0.1) is 24.2 Å². The number of nitrogens with one attached hydrogen (secondary N) is 1. The van der Waals surface area contributed by atoms with Crippen molar-refractivity contribution < 1.29 is 14.7 Å². The zero-order valence-electron chi connectivity index (χ0n) is 40.6. The molecule has 1 amide bonds. The molecule has 16 heteroatoms. The van der Waals surface area contributed by atoms with Crippen LogP contribution in [0.25, 0.3) is 21.8 Å². The Kier molecular flexibility index (Phi) is 25.4. The van der Waals surface area contributed by atoms with E-state index < -0.39 is 5.97 Å². The van der Waals surface area contributed by atoms with Gasteiger partial charge in [0.15, 0.2) is 0 Å². The molecule has 3 aliphatic rings. The van der Waals surface area contributed by atoms with Crippen molar-refractivity contribution in [1.82, 2.24) is 34.4 Å². The highest BCUT2D eigenvalue weighted by Crippen LogP contribution is 2.28. The van der Waals surface area contributed by atoms with Crippen LogP contribution in [-0.2, 0) is 17.6 Å². The minimum absolute atomic E-state index is 0. The lowest BCUT2D eigenvalue weighted by Gasteiger charge is -2.26. The fraction of sp³-hybridized carbons (Fsp3) is 0.345. The van der Waals surface area contributed by atoms with Crippen LogP contribution in [0.2, 0.25) is 0 Å². The second-order valence-electron chi connectivity index (χ2n) is 17.1. The number of halogens is 3. The molecule has 1 saturated heterocycles. The van der Waals surface area contributed by atoms with Crippen molar-refractivity contribution in [3.05, 3.63) is 167 Å². The second kappa shape index (κ2) is 30.5. The molecular weight excluding hydrogens is 1080 g/mol. The van der Waals surface area contributed by atoms with Gasteiger partial charge >= 0.3 is 5.97 Å². The van der Waals surface area contributed by atoms with Gasteiger partial charge in [-0.1, -0.05) is 91.5 Å². The van der Waals surface area contributed by atoms with Gasteiger partial charge in [0.05, 0.1) is 27.4 Å². The summed E-state index contributed by atoms with van der Waals surface area (Å²) in [6.07, 6.45) is 20.6. The largest absolute Gasteiger partial charge is 0.478 e. The minimum Gasteiger partial charge on any atom is -0.478 e.